The summed E-state index contributed by atoms with van der Waals surface area (Å²) in [7, 11) is 0. The summed E-state index contributed by atoms with van der Waals surface area (Å²) in [6, 6.07) is 17.4. The summed E-state index contributed by atoms with van der Waals surface area (Å²) >= 11 is 3.37. The average Bonchev–Trinajstić information content (AvgIpc) is 3.23. The molecule has 0 radical (unpaired) electrons. The second kappa shape index (κ2) is 11.0. The molecule has 8 heteroatoms. The fourth-order valence-electron chi connectivity index (χ4n) is 3.15. The summed E-state index contributed by atoms with van der Waals surface area (Å²) in [4.78, 5) is 13.5. The molecule has 0 fully saturated rings. The van der Waals surface area contributed by atoms with Crippen LogP contribution in [0.4, 0.5) is 0 Å². The molecule has 1 aromatic carbocycles. The Kier molecular flexibility index (Phi) is 7.58. The van der Waals surface area contributed by atoms with Crippen LogP contribution >= 0.6 is 15.9 Å². The molecule has 0 aliphatic rings. The van der Waals surface area contributed by atoms with Gasteiger partial charge in [0.15, 0.2) is 5.82 Å². The van der Waals surface area contributed by atoms with Gasteiger partial charge in [0.25, 0.3) is 0 Å². The zero-order chi connectivity index (χ0) is 22.2. The molecule has 7 nitrogen and oxygen atoms in total. The second-order valence-electron chi connectivity index (χ2n) is 7.06. The molecule has 3 heterocycles. The van der Waals surface area contributed by atoms with E-state index in [4.69, 9.17) is 19.6 Å². The van der Waals surface area contributed by atoms with Crippen molar-refractivity contribution in [2.24, 2.45) is 0 Å². The molecule has 164 valence electrons. The van der Waals surface area contributed by atoms with Gasteiger partial charge in [0.2, 0.25) is 5.88 Å². The van der Waals surface area contributed by atoms with Gasteiger partial charge >= 0.3 is 0 Å². The van der Waals surface area contributed by atoms with Gasteiger partial charge in [-0.05, 0) is 59.1 Å². The first-order chi connectivity index (χ1) is 15.7. The van der Waals surface area contributed by atoms with Gasteiger partial charge in [-0.1, -0.05) is 24.3 Å². The number of nitrogens with zero attached hydrogens (tertiary/aromatic N) is 5. The first-order valence-corrected chi connectivity index (χ1v) is 11.3. The zero-order valence-corrected chi connectivity index (χ0v) is 19.4. The quantitative estimate of drug-likeness (QED) is 0.225. The molecule has 0 N–H and O–H groups in total. The smallest absolute Gasteiger partial charge is 0.219 e. The number of para-hydroxylation sites is 1. The van der Waals surface area contributed by atoms with Crippen molar-refractivity contribution in [3.8, 4) is 23.0 Å². The third-order valence-corrected chi connectivity index (χ3v) is 5.26. The van der Waals surface area contributed by atoms with Crippen LogP contribution in [0, 0.1) is 0 Å². The standard InChI is InChI=1S/C24H24BrN5O2/c1-2-31-15-14-30-22(12-9-18-8-11-21(25)26-16-18)28-24(29-30)19-10-13-23(27-17-19)32-20-6-4-3-5-7-20/h3-8,10-11,13,16-17H,2,9,12,14-15H2,1H3. The van der Waals surface area contributed by atoms with E-state index in [0.717, 1.165) is 40.1 Å². The van der Waals surface area contributed by atoms with Crippen LogP contribution in [0.15, 0.2) is 71.6 Å². The summed E-state index contributed by atoms with van der Waals surface area (Å²) in [5.41, 5.74) is 1.99. The predicted molar refractivity (Wildman–Crippen MR) is 126 cm³/mol. The molecule has 0 amide bonds. The number of halogens is 1. The van der Waals surface area contributed by atoms with Crippen LogP contribution in [0.1, 0.15) is 18.3 Å². The van der Waals surface area contributed by atoms with Crippen molar-refractivity contribution in [1.82, 2.24) is 24.7 Å². The number of rotatable bonds is 10. The maximum Gasteiger partial charge on any atom is 0.219 e. The normalized spacial score (nSPS) is 10.9. The Morgan fingerprint density at radius 3 is 2.53 bits per heavy atom. The first-order valence-electron chi connectivity index (χ1n) is 10.5. The van der Waals surface area contributed by atoms with Gasteiger partial charge in [0.05, 0.1) is 13.2 Å². The van der Waals surface area contributed by atoms with Crippen molar-refractivity contribution >= 4 is 15.9 Å². The van der Waals surface area contributed by atoms with E-state index in [1.54, 1.807) is 6.20 Å². The Balaban J connectivity index is 1.49. The minimum absolute atomic E-state index is 0.527. The minimum atomic E-state index is 0.527. The van der Waals surface area contributed by atoms with Crippen LogP contribution in [0.2, 0.25) is 0 Å². The summed E-state index contributed by atoms with van der Waals surface area (Å²) in [6.07, 6.45) is 5.20. The molecule has 32 heavy (non-hydrogen) atoms. The number of aryl methyl sites for hydroxylation is 2. The van der Waals surface area contributed by atoms with Crippen LogP contribution in [0.25, 0.3) is 11.4 Å². The number of ether oxygens (including phenoxy) is 2. The van der Waals surface area contributed by atoms with Crippen LogP contribution in [-0.2, 0) is 24.1 Å². The minimum Gasteiger partial charge on any atom is -0.439 e. The predicted octanol–water partition coefficient (Wildman–Crippen LogP) is 5.11. The lowest BCUT2D eigenvalue weighted by Crippen LogP contribution is -2.11. The molecule has 0 saturated carbocycles. The lowest BCUT2D eigenvalue weighted by molar-refractivity contribution is 0.135. The van der Waals surface area contributed by atoms with Crippen LogP contribution in [-0.4, -0.2) is 37.9 Å². The summed E-state index contributed by atoms with van der Waals surface area (Å²) < 4.78 is 14.1. The lowest BCUT2D eigenvalue weighted by Gasteiger charge is -2.06. The summed E-state index contributed by atoms with van der Waals surface area (Å²) in [5.74, 6) is 2.82. The fraction of sp³-hybridized carbons (Fsp3) is 0.250. The molecule has 3 aromatic heterocycles. The van der Waals surface area contributed by atoms with E-state index in [-0.39, 0.29) is 0 Å². The first kappa shape index (κ1) is 22.1. The van der Waals surface area contributed by atoms with Gasteiger partial charge in [0.1, 0.15) is 16.2 Å². The molecule has 0 atom stereocenters. The maximum absolute atomic E-state index is 5.78. The molecule has 4 rings (SSSR count). The Hall–Kier alpha value is -3.10. The van der Waals surface area contributed by atoms with E-state index in [0.29, 0.717) is 31.5 Å². The van der Waals surface area contributed by atoms with Gasteiger partial charge in [0, 0.05) is 37.1 Å². The highest BCUT2D eigenvalue weighted by Crippen LogP contribution is 2.22. The van der Waals surface area contributed by atoms with E-state index >= 15 is 0 Å². The maximum atomic E-state index is 5.78. The van der Waals surface area contributed by atoms with Crippen molar-refractivity contribution in [2.75, 3.05) is 13.2 Å². The molecular formula is C24H24BrN5O2. The van der Waals surface area contributed by atoms with E-state index in [1.165, 1.54) is 0 Å². The van der Waals surface area contributed by atoms with E-state index in [2.05, 4.69) is 32.0 Å². The number of aromatic nitrogens is 5. The molecule has 0 saturated heterocycles. The Morgan fingerprint density at radius 2 is 1.81 bits per heavy atom. The van der Waals surface area contributed by atoms with Crippen molar-refractivity contribution in [3.63, 3.8) is 0 Å². The van der Waals surface area contributed by atoms with Gasteiger partial charge < -0.3 is 9.47 Å². The van der Waals surface area contributed by atoms with Crippen molar-refractivity contribution < 1.29 is 9.47 Å². The van der Waals surface area contributed by atoms with Gasteiger partial charge in [-0.3, -0.25) is 0 Å². The fourth-order valence-corrected chi connectivity index (χ4v) is 3.38. The molecule has 0 aliphatic heterocycles. The van der Waals surface area contributed by atoms with Gasteiger partial charge in [-0.25, -0.2) is 19.6 Å². The van der Waals surface area contributed by atoms with E-state index < -0.39 is 0 Å². The second-order valence-corrected chi connectivity index (χ2v) is 7.87. The number of hydrogen-bond acceptors (Lipinski definition) is 6. The van der Waals surface area contributed by atoms with Gasteiger partial charge in [-0.2, -0.15) is 5.10 Å². The SMILES string of the molecule is CCOCCn1nc(-c2ccc(Oc3ccccc3)nc2)nc1CCc1ccc(Br)nc1. The number of benzene rings is 1. The average molecular weight is 494 g/mol. The van der Waals surface area contributed by atoms with Gasteiger partial charge in [-0.15, -0.1) is 0 Å². The third kappa shape index (κ3) is 5.99. The third-order valence-electron chi connectivity index (χ3n) is 4.79. The van der Waals surface area contributed by atoms with Crippen LogP contribution in [0.5, 0.6) is 11.6 Å². The molecule has 0 bridgehead atoms. The Morgan fingerprint density at radius 1 is 0.938 bits per heavy atom. The molecule has 0 aliphatic carbocycles. The molecule has 0 spiro atoms. The molecule has 0 unspecified atom stereocenters. The summed E-state index contributed by atoms with van der Waals surface area (Å²) in [5, 5.41) is 4.71. The Bertz CT molecular complexity index is 1120. The highest BCUT2D eigenvalue weighted by molar-refractivity contribution is 9.10. The number of hydrogen-bond donors (Lipinski definition) is 0. The van der Waals surface area contributed by atoms with Crippen LogP contribution < -0.4 is 4.74 Å². The Labute approximate surface area is 195 Å². The molecule has 4 aromatic rings. The zero-order valence-electron chi connectivity index (χ0n) is 17.8. The van der Waals surface area contributed by atoms with E-state index in [9.17, 15) is 0 Å². The summed E-state index contributed by atoms with van der Waals surface area (Å²) in [6.45, 7) is 3.90. The number of pyridine rings is 2. The monoisotopic (exact) mass is 493 g/mol. The lowest BCUT2D eigenvalue weighted by atomic mass is 10.1. The van der Waals surface area contributed by atoms with Crippen molar-refractivity contribution in [1.29, 1.82) is 0 Å². The van der Waals surface area contributed by atoms with Crippen molar-refractivity contribution in [3.05, 3.63) is 83.0 Å². The topological polar surface area (TPSA) is 75.0 Å². The molecular weight excluding hydrogens is 470 g/mol. The largest absolute Gasteiger partial charge is 0.439 e. The van der Waals surface area contributed by atoms with Crippen LogP contribution in [0.3, 0.4) is 0 Å². The highest BCUT2D eigenvalue weighted by atomic mass is 79.9. The highest BCUT2D eigenvalue weighted by Gasteiger charge is 2.13. The van der Waals surface area contributed by atoms with Crippen molar-refractivity contribution in [2.45, 2.75) is 26.3 Å². The van der Waals surface area contributed by atoms with E-state index in [1.807, 2.05) is 66.3 Å².